The monoisotopic (exact) mass is 216 g/mol. The van der Waals surface area contributed by atoms with Crippen LogP contribution in [0.15, 0.2) is 0 Å². The van der Waals surface area contributed by atoms with Gasteiger partial charge in [-0.15, -0.1) is 0 Å². The van der Waals surface area contributed by atoms with Gasteiger partial charge in [-0.2, -0.15) is 0 Å². The van der Waals surface area contributed by atoms with Crippen LogP contribution in [-0.4, -0.2) is 30.8 Å². The normalized spacial score (nSPS) is 14.2. The molecule has 0 rings (SSSR count). The number of nitrogens with two attached hydrogens (primary N) is 1. The molecule has 0 heterocycles. The van der Waals surface area contributed by atoms with Crippen molar-refractivity contribution in [2.45, 2.75) is 52.5 Å². The fraction of sp³-hybridized carbons (Fsp3) is 1.00. The van der Waals surface area contributed by atoms with Crippen LogP contribution in [0.5, 0.6) is 0 Å². The van der Waals surface area contributed by atoms with Gasteiger partial charge in [-0.3, -0.25) is 0 Å². The summed E-state index contributed by atoms with van der Waals surface area (Å²) in [5, 5.41) is 12.1. The molecule has 4 N–H and O–H groups in total. The molecule has 0 bridgehead atoms. The number of hydrogen-bond donors (Lipinski definition) is 3. The Morgan fingerprint density at radius 1 is 1.20 bits per heavy atom. The van der Waals surface area contributed by atoms with E-state index in [9.17, 15) is 0 Å². The van der Waals surface area contributed by atoms with E-state index in [1.165, 1.54) is 0 Å². The topological polar surface area (TPSA) is 58.3 Å². The van der Waals surface area contributed by atoms with Gasteiger partial charge in [0.25, 0.3) is 0 Å². The van der Waals surface area contributed by atoms with E-state index in [0.29, 0.717) is 24.6 Å². The van der Waals surface area contributed by atoms with E-state index in [-0.39, 0.29) is 0 Å². The van der Waals surface area contributed by atoms with E-state index in [4.69, 9.17) is 10.8 Å². The molecule has 0 saturated carbocycles. The Balaban J connectivity index is 3.53. The third-order valence-corrected chi connectivity index (χ3v) is 2.41. The average molecular weight is 216 g/mol. The number of unbranched alkanes of at least 4 members (excludes halogenated alkanes) is 2. The van der Waals surface area contributed by atoms with E-state index in [1.54, 1.807) is 0 Å². The fourth-order valence-corrected chi connectivity index (χ4v) is 1.70. The number of hydrogen-bond acceptors (Lipinski definition) is 3. The minimum Gasteiger partial charge on any atom is -0.396 e. The highest BCUT2D eigenvalue weighted by Gasteiger charge is 2.16. The predicted molar refractivity (Wildman–Crippen MR) is 65.9 cm³/mol. The van der Waals surface area contributed by atoms with Gasteiger partial charge in [-0.25, -0.2) is 0 Å². The summed E-state index contributed by atoms with van der Waals surface area (Å²) in [5.74, 6) is 0. The molecule has 0 saturated heterocycles. The van der Waals surface area contributed by atoms with Crippen LogP contribution in [0, 0.1) is 5.41 Å². The summed E-state index contributed by atoms with van der Waals surface area (Å²) >= 11 is 0. The lowest BCUT2D eigenvalue weighted by Gasteiger charge is -2.25. The third-order valence-electron chi connectivity index (χ3n) is 2.41. The van der Waals surface area contributed by atoms with Crippen molar-refractivity contribution in [1.29, 1.82) is 0 Å². The molecule has 0 amide bonds. The first kappa shape index (κ1) is 14.9. The summed E-state index contributed by atoms with van der Waals surface area (Å²) in [6.45, 7) is 8.74. The van der Waals surface area contributed by atoms with Crippen LogP contribution in [-0.2, 0) is 0 Å². The summed E-state index contributed by atoms with van der Waals surface area (Å²) in [5.41, 5.74) is 6.05. The Morgan fingerprint density at radius 3 is 2.33 bits per heavy atom. The van der Waals surface area contributed by atoms with Crippen LogP contribution < -0.4 is 11.1 Å². The molecule has 3 heteroatoms. The molecule has 3 nitrogen and oxygen atoms in total. The zero-order valence-electron chi connectivity index (χ0n) is 10.6. The molecule has 92 valence electrons. The van der Waals surface area contributed by atoms with Crippen LogP contribution in [0.2, 0.25) is 0 Å². The lowest BCUT2D eigenvalue weighted by atomic mass is 9.88. The second-order valence-electron chi connectivity index (χ2n) is 5.44. The molecular formula is C12H28N2O. The molecule has 0 aliphatic carbocycles. The first-order valence-corrected chi connectivity index (χ1v) is 6.04. The Kier molecular flexibility index (Phi) is 8.02. The van der Waals surface area contributed by atoms with Crippen LogP contribution in [0.1, 0.15) is 46.5 Å². The Hall–Kier alpha value is -0.120. The maximum atomic E-state index is 8.63. The fourth-order valence-electron chi connectivity index (χ4n) is 1.70. The number of rotatable bonds is 8. The molecule has 0 aromatic heterocycles. The van der Waals surface area contributed by atoms with E-state index >= 15 is 0 Å². The highest BCUT2D eigenvalue weighted by molar-refractivity contribution is 4.75. The first-order chi connectivity index (χ1) is 6.99. The van der Waals surface area contributed by atoms with E-state index < -0.39 is 0 Å². The Bertz CT molecular complexity index is 143. The van der Waals surface area contributed by atoms with Crippen molar-refractivity contribution in [1.82, 2.24) is 5.32 Å². The van der Waals surface area contributed by atoms with Gasteiger partial charge in [0.2, 0.25) is 0 Å². The second kappa shape index (κ2) is 8.08. The van der Waals surface area contributed by atoms with Crippen molar-refractivity contribution in [3.63, 3.8) is 0 Å². The van der Waals surface area contributed by atoms with Gasteiger partial charge >= 0.3 is 0 Å². The average Bonchev–Trinajstić information content (AvgIpc) is 2.14. The maximum absolute atomic E-state index is 8.63. The Morgan fingerprint density at radius 2 is 1.87 bits per heavy atom. The van der Waals surface area contributed by atoms with Gasteiger partial charge in [0.15, 0.2) is 0 Å². The first-order valence-electron chi connectivity index (χ1n) is 6.04. The summed E-state index contributed by atoms with van der Waals surface area (Å²) in [7, 11) is 0. The van der Waals surface area contributed by atoms with Crippen molar-refractivity contribution < 1.29 is 5.11 Å². The summed E-state index contributed by atoms with van der Waals surface area (Å²) in [6, 6.07) is 0.430. The molecule has 0 aliphatic heterocycles. The SMILES string of the molecule is CC(C)(C)CC(CN)NCCCCCO. The van der Waals surface area contributed by atoms with E-state index in [1.807, 2.05) is 0 Å². The molecule has 1 atom stereocenters. The molecular weight excluding hydrogens is 188 g/mol. The second-order valence-corrected chi connectivity index (χ2v) is 5.44. The molecule has 0 aliphatic rings. The summed E-state index contributed by atoms with van der Waals surface area (Å²) < 4.78 is 0. The van der Waals surface area contributed by atoms with Crippen LogP contribution in [0.4, 0.5) is 0 Å². The predicted octanol–water partition coefficient (Wildman–Crippen LogP) is 1.50. The minimum atomic E-state index is 0.308. The molecule has 0 radical (unpaired) electrons. The molecule has 0 fully saturated rings. The summed E-state index contributed by atoms with van der Waals surface area (Å²) in [4.78, 5) is 0. The molecule has 0 spiro atoms. The lowest BCUT2D eigenvalue weighted by molar-refractivity contribution is 0.280. The quantitative estimate of drug-likeness (QED) is 0.539. The van der Waals surface area contributed by atoms with Gasteiger partial charge < -0.3 is 16.2 Å². The minimum absolute atomic E-state index is 0.308. The van der Waals surface area contributed by atoms with Crippen molar-refractivity contribution in [2.75, 3.05) is 19.7 Å². The third kappa shape index (κ3) is 10.2. The number of aliphatic hydroxyl groups excluding tert-OH is 1. The standard InChI is InChI=1S/C12H28N2O/c1-12(2,3)9-11(10-13)14-7-5-4-6-8-15/h11,14-15H,4-10,13H2,1-3H3. The zero-order valence-corrected chi connectivity index (χ0v) is 10.6. The lowest BCUT2D eigenvalue weighted by Crippen LogP contribution is -2.39. The molecule has 15 heavy (non-hydrogen) atoms. The van der Waals surface area contributed by atoms with E-state index in [0.717, 1.165) is 32.2 Å². The zero-order chi connectivity index (χ0) is 11.7. The molecule has 0 aromatic carbocycles. The van der Waals surface area contributed by atoms with Crippen LogP contribution >= 0.6 is 0 Å². The van der Waals surface area contributed by atoms with E-state index in [2.05, 4.69) is 26.1 Å². The van der Waals surface area contributed by atoms with Gasteiger partial charge in [0.1, 0.15) is 0 Å². The smallest absolute Gasteiger partial charge is 0.0431 e. The maximum Gasteiger partial charge on any atom is 0.0431 e. The van der Waals surface area contributed by atoms with Crippen molar-refractivity contribution >= 4 is 0 Å². The van der Waals surface area contributed by atoms with Gasteiger partial charge in [-0.1, -0.05) is 20.8 Å². The Labute approximate surface area is 94.4 Å². The number of aliphatic hydroxyl groups is 1. The van der Waals surface area contributed by atoms with Crippen LogP contribution in [0.25, 0.3) is 0 Å². The largest absolute Gasteiger partial charge is 0.396 e. The summed E-state index contributed by atoms with van der Waals surface area (Å²) in [6.07, 6.45) is 4.25. The van der Waals surface area contributed by atoms with Crippen molar-refractivity contribution in [3.05, 3.63) is 0 Å². The van der Waals surface area contributed by atoms with Crippen molar-refractivity contribution in [2.24, 2.45) is 11.1 Å². The molecule has 0 aromatic rings. The molecule has 1 unspecified atom stereocenters. The highest BCUT2D eigenvalue weighted by Crippen LogP contribution is 2.20. The van der Waals surface area contributed by atoms with Crippen molar-refractivity contribution in [3.8, 4) is 0 Å². The van der Waals surface area contributed by atoms with Crippen LogP contribution in [0.3, 0.4) is 0 Å². The highest BCUT2D eigenvalue weighted by atomic mass is 16.2. The van der Waals surface area contributed by atoms with Gasteiger partial charge in [0, 0.05) is 19.2 Å². The van der Waals surface area contributed by atoms with Gasteiger partial charge in [0.05, 0.1) is 0 Å². The van der Waals surface area contributed by atoms with Gasteiger partial charge in [-0.05, 0) is 37.6 Å². The number of nitrogens with one attached hydrogen (secondary N) is 1.